The summed E-state index contributed by atoms with van der Waals surface area (Å²) in [5.41, 5.74) is 11.0. The number of benzene rings is 2. The van der Waals surface area contributed by atoms with Crippen LogP contribution in [0.5, 0.6) is 0 Å². The fourth-order valence-electron chi connectivity index (χ4n) is 3.26. The number of nitrogens with two attached hydrogens (primary N) is 1. The second-order valence-corrected chi connectivity index (χ2v) is 6.22. The molecule has 2 unspecified atom stereocenters. The van der Waals surface area contributed by atoms with Crippen LogP contribution in [0.25, 0.3) is 11.1 Å². The number of hydrogen-bond donors (Lipinski definition) is 3. The molecule has 1 aliphatic rings. The maximum Gasteiger partial charge on any atom is 0.106 e. The van der Waals surface area contributed by atoms with Gasteiger partial charge in [-0.25, -0.2) is 0 Å². The fraction of sp³-hybridized carbons (Fsp3) is 0.333. The minimum absolute atomic E-state index is 0.0435. The largest absolute Gasteiger partial charge is 0.389 e. The molecule has 110 valence electrons. The topological polar surface area (TPSA) is 66.5 Å². The van der Waals surface area contributed by atoms with Crippen molar-refractivity contribution in [1.82, 2.24) is 0 Å². The molecule has 2 aromatic carbocycles. The molecule has 0 saturated heterocycles. The minimum Gasteiger partial charge on any atom is -0.389 e. The van der Waals surface area contributed by atoms with Crippen molar-refractivity contribution in [3.63, 3.8) is 0 Å². The van der Waals surface area contributed by atoms with E-state index in [4.69, 9.17) is 5.73 Å². The maximum atomic E-state index is 10.2. The van der Waals surface area contributed by atoms with E-state index in [0.717, 1.165) is 0 Å². The molecular weight excluding hydrogens is 262 g/mol. The van der Waals surface area contributed by atoms with Gasteiger partial charge in [0.2, 0.25) is 0 Å². The lowest BCUT2D eigenvalue weighted by Crippen LogP contribution is -2.27. The summed E-state index contributed by atoms with van der Waals surface area (Å²) in [6.45, 7) is 4.42. The summed E-state index contributed by atoms with van der Waals surface area (Å²) in [7, 11) is 0. The molecule has 21 heavy (non-hydrogen) atoms. The van der Waals surface area contributed by atoms with Crippen LogP contribution in [0.3, 0.4) is 0 Å². The highest BCUT2D eigenvalue weighted by Crippen LogP contribution is 2.49. The Morgan fingerprint density at radius 1 is 1.00 bits per heavy atom. The highest BCUT2D eigenvalue weighted by atomic mass is 16.3. The van der Waals surface area contributed by atoms with Gasteiger partial charge in [-0.3, -0.25) is 0 Å². The molecule has 1 aliphatic carbocycles. The Kier molecular flexibility index (Phi) is 3.36. The van der Waals surface area contributed by atoms with E-state index in [1.54, 1.807) is 0 Å². The molecule has 0 heterocycles. The SMILES string of the molecule is CC1(C)c2ccccc2-c2ccc(C(O)C(O)CN)cc21. The molecule has 3 heteroatoms. The number of aliphatic hydroxyl groups is 2. The molecule has 0 spiro atoms. The van der Waals surface area contributed by atoms with Crippen LogP contribution in [0.15, 0.2) is 42.5 Å². The highest BCUT2D eigenvalue weighted by Gasteiger charge is 2.35. The van der Waals surface area contributed by atoms with Gasteiger partial charge in [-0.1, -0.05) is 56.3 Å². The molecule has 0 bridgehead atoms. The standard InChI is InChI=1S/C18H21NO2/c1-18(2)14-6-4-3-5-12(14)13-8-7-11(9-15(13)18)17(21)16(20)10-19/h3-9,16-17,20-21H,10,19H2,1-2H3. The van der Waals surface area contributed by atoms with Gasteiger partial charge in [0, 0.05) is 12.0 Å². The van der Waals surface area contributed by atoms with E-state index in [0.29, 0.717) is 5.56 Å². The second kappa shape index (κ2) is 4.95. The van der Waals surface area contributed by atoms with Crippen LogP contribution in [0.2, 0.25) is 0 Å². The molecule has 3 rings (SSSR count). The van der Waals surface area contributed by atoms with Crippen molar-refractivity contribution in [2.24, 2.45) is 5.73 Å². The van der Waals surface area contributed by atoms with E-state index in [-0.39, 0.29) is 12.0 Å². The third kappa shape index (κ3) is 2.09. The first kappa shape index (κ1) is 14.3. The Hall–Kier alpha value is -1.68. The van der Waals surface area contributed by atoms with Crippen molar-refractivity contribution >= 4 is 0 Å². The van der Waals surface area contributed by atoms with E-state index in [1.165, 1.54) is 22.3 Å². The molecule has 0 aromatic heterocycles. The summed E-state index contributed by atoms with van der Waals surface area (Å²) >= 11 is 0. The number of fused-ring (bicyclic) bond motifs is 3. The molecule has 0 amide bonds. The average Bonchev–Trinajstić information content (AvgIpc) is 2.74. The summed E-state index contributed by atoms with van der Waals surface area (Å²) in [5.74, 6) is 0. The Labute approximate surface area is 125 Å². The lowest BCUT2D eigenvalue weighted by Gasteiger charge is -2.23. The van der Waals surface area contributed by atoms with Crippen LogP contribution in [0, 0.1) is 0 Å². The third-order valence-electron chi connectivity index (χ3n) is 4.56. The van der Waals surface area contributed by atoms with Crippen molar-refractivity contribution in [2.45, 2.75) is 31.5 Å². The van der Waals surface area contributed by atoms with Crippen molar-refractivity contribution in [3.8, 4) is 11.1 Å². The first-order valence-corrected chi connectivity index (χ1v) is 7.27. The van der Waals surface area contributed by atoms with E-state index < -0.39 is 12.2 Å². The predicted octanol–water partition coefficient (Wildman–Crippen LogP) is 2.35. The Morgan fingerprint density at radius 2 is 1.67 bits per heavy atom. The first-order chi connectivity index (χ1) is 9.96. The minimum atomic E-state index is -0.945. The smallest absolute Gasteiger partial charge is 0.106 e. The van der Waals surface area contributed by atoms with Crippen molar-refractivity contribution in [1.29, 1.82) is 0 Å². The van der Waals surface area contributed by atoms with Gasteiger partial charge >= 0.3 is 0 Å². The summed E-state index contributed by atoms with van der Waals surface area (Å²) in [6.07, 6.45) is -1.88. The van der Waals surface area contributed by atoms with Gasteiger partial charge in [0.1, 0.15) is 6.10 Å². The van der Waals surface area contributed by atoms with Crippen molar-refractivity contribution in [3.05, 3.63) is 59.2 Å². The number of aliphatic hydroxyl groups excluding tert-OH is 2. The second-order valence-electron chi connectivity index (χ2n) is 6.22. The van der Waals surface area contributed by atoms with E-state index in [9.17, 15) is 10.2 Å². The molecule has 4 N–H and O–H groups in total. The Bertz CT molecular complexity index is 679. The van der Waals surface area contributed by atoms with Crippen LogP contribution >= 0.6 is 0 Å². The van der Waals surface area contributed by atoms with Gasteiger partial charge in [0.05, 0.1) is 6.10 Å². The van der Waals surface area contributed by atoms with Crippen LogP contribution in [-0.2, 0) is 5.41 Å². The highest BCUT2D eigenvalue weighted by molar-refractivity contribution is 5.80. The quantitative estimate of drug-likeness (QED) is 0.810. The molecular formula is C18H21NO2. The third-order valence-corrected chi connectivity index (χ3v) is 4.56. The molecule has 0 fully saturated rings. The van der Waals surface area contributed by atoms with Gasteiger partial charge < -0.3 is 15.9 Å². The van der Waals surface area contributed by atoms with Gasteiger partial charge in [-0.2, -0.15) is 0 Å². The van der Waals surface area contributed by atoms with Crippen LogP contribution in [-0.4, -0.2) is 22.9 Å². The zero-order valence-electron chi connectivity index (χ0n) is 12.4. The van der Waals surface area contributed by atoms with Gasteiger partial charge in [0.15, 0.2) is 0 Å². The molecule has 0 aliphatic heterocycles. The summed E-state index contributed by atoms with van der Waals surface area (Å²) < 4.78 is 0. The average molecular weight is 283 g/mol. The van der Waals surface area contributed by atoms with E-state index in [2.05, 4.69) is 32.0 Å². The molecule has 2 atom stereocenters. The summed E-state index contributed by atoms with van der Waals surface area (Å²) in [5, 5.41) is 19.9. The van der Waals surface area contributed by atoms with Crippen LogP contribution in [0.1, 0.15) is 36.6 Å². The van der Waals surface area contributed by atoms with Gasteiger partial charge in [-0.05, 0) is 27.8 Å². The van der Waals surface area contributed by atoms with E-state index in [1.807, 2.05) is 24.3 Å². The van der Waals surface area contributed by atoms with Gasteiger partial charge in [-0.15, -0.1) is 0 Å². The molecule has 3 nitrogen and oxygen atoms in total. The zero-order chi connectivity index (χ0) is 15.2. The Morgan fingerprint density at radius 3 is 2.38 bits per heavy atom. The monoisotopic (exact) mass is 283 g/mol. The predicted molar refractivity (Wildman–Crippen MR) is 84.0 cm³/mol. The maximum absolute atomic E-state index is 10.2. The van der Waals surface area contributed by atoms with Crippen LogP contribution < -0.4 is 5.73 Å². The van der Waals surface area contributed by atoms with E-state index >= 15 is 0 Å². The summed E-state index contributed by atoms with van der Waals surface area (Å²) in [4.78, 5) is 0. The lowest BCUT2D eigenvalue weighted by atomic mass is 9.81. The van der Waals surface area contributed by atoms with Crippen molar-refractivity contribution < 1.29 is 10.2 Å². The molecule has 0 saturated carbocycles. The first-order valence-electron chi connectivity index (χ1n) is 7.27. The number of rotatable bonds is 3. The molecule has 2 aromatic rings. The Balaban J connectivity index is 2.12. The van der Waals surface area contributed by atoms with Gasteiger partial charge in [0.25, 0.3) is 0 Å². The molecule has 0 radical (unpaired) electrons. The fourth-order valence-corrected chi connectivity index (χ4v) is 3.26. The zero-order valence-corrected chi connectivity index (χ0v) is 12.4. The normalized spacial score (nSPS) is 18.0. The van der Waals surface area contributed by atoms with Crippen molar-refractivity contribution in [2.75, 3.05) is 6.54 Å². The summed E-state index contributed by atoms with van der Waals surface area (Å²) in [6, 6.07) is 14.3. The van der Waals surface area contributed by atoms with Crippen LogP contribution in [0.4, 0.5) is 0 Å². The number of hydrogen-bond acceptors (Lipinski definition) is 3. The lowest BCUT2D eigenvalue weighted by molar-refractivity contribution is 0.0243.